The zero-order valence-corrected chi connectivity index (χ0v) is 14.2. The van der Waals surface area contributed by atoms with Gasteiger partial charge in [0, 0.05) is 36.6 Å². The van der Waals surface area contributed by atoms with Gasteiger partial charge in [0.1, 0.15) is 12.4 Å². The molecule has 1 saturated heterocycles. The third kappa shape index (κ3) is 4.09. The predicted molar refractivity (Wildman–Crippen MR) is 91.0 cm³/mol. The standard InChI is InChI=1S/C17H21N3O2S/c1-12-9-20(7-6-18-12)17(21)14-4-3-5-16(8-14)22-10-15-11-23-13(2)19-15/h3-5,8,11-12,18H,6-7,9-10H2,1-2H3. The van der Waals surface area contributed by atoms with Crippen molar-refractivity contribution in [2.45, 2.75) is 26.5 Å². The molecule has 0 aliphatic carbocycles. The van der Waals surface area contributed by atoms with Gasteiger partial charge in [-0.25, -0.2) is 4.98 Å². The van der Waals surface area contributed by atoms with Gasteiger partial charge in [-0.05, 0) is 32.0 Å². The van der Waals surface area contributed by atoms with Crippen molar-refractivity contribution < 1.29 is 9.53 Å². The normalized spacial score (nSPS) is 18.0. The molecule has 1 N–H and O–H groups in total. The Morgan fingerprint density at radius 2 is 2.39 bits per heavy atom. The Morgan fingerprint density at radius 1 is 1.52 bits per heavy atom. The summed E-state index contributed by atoms with van der Waals surface area (Å²) in [4.78, 5) is 18.9. The van der Waals surface area contributed by atoms with Crippen LogP contribution in [0, 0.1) is 6.92 Å². The Morgan fingerprint density at radius 3 is 3.13 bits per heavy atom. The van der Waals surface area contributed by atoms with Gasteiger partial charge in [0.05, 0.1) is 10.7 Å². The maximum absolute atomic E-state index is 12.6. The first-order chi connectivity index (χ1) is 11.1. The molecule has 0 radical (unpaired) electrons. The fourth-order valence-electron chi connectivity index (χ4n) is 2.65. The molecule has 122 valence electrons. The number of aryl methyl sites for hydroxylation is 1. The Hall–Kier alpha value is -1.92. The summed E-state index contributed by atoms with van der Waals surface area (Å²) in [6.45, 7) is 6.81. The highest BCUT2D eigenvalue weighted by atomic mass is 32.1. The minimum Gasteiger partial charge on any atom is -0.487 e. The SMILES string of the molecule is Cc1nc(COc2cccc(C(=O)N3CCNC(C)C3)c2)cs1. The average Bonchev–Trinajstić information content (AvgIpc) is 2.98. The maximum Gasteiger partial charge on any atom is 0.254 e. The summed E-state index contributed by atoms with van der Waals surface area (Å²) in [7, 11) is 0. The number of thiazole rings is 1. The molecular formula is C17H21N3O2S. The van der Waals surface area contributed by atoms with Gasteiger partial charge >= 0.3 is 0 Å². The van der Waals surface area contributed by atoms with Crippen LogP contribution >= 0.6 is 11.3 Å². The highest BCUT2D eigenvalue weighted by Crippen LogP contribution is 2.18. The van der Waals surface area contributed by atoms with Crippen molar-refractivity contribution in [3.63, 3.8) is 0 Å². The smallest absolute Gasteiger partial charge is 0.254 e. The molecule has 6 heteroatoms. The molecule has 5 nitrogen and oxygen atoms in total. The lowest BCUT2D eigenvalue weighted by Gasteiger charge is -2.32. The van der Waals surface area contributed by atoms with E-state index in [0.29, 0.717) is 24.0 Å². The summed E-state index contributed by atoms with van der Waals surface area (Å²) >= 11 is 1.61. The molecule has 0 saturated carbocycles. The number of amides is 1. The first-order valence-corrected chi connectivity index (χ1v) is 8.66. The van der Waals surface area contributed by atoms with Crippen molar-refractivity contribution in [3.8, 4) is 5.75 Å². The predicted octanol–water partition coefficient (Wildman–Crippen LogP) is 2.46. The number of carbonyl (C=O) groups is 1. The second-order valence-corrected chi connectivity index (χ2v) is 6.84. The summed E-state index contributed by atoms with van der Waals surface area (Å²) in [6.07, 6.45) is 0. The summed E-state index contributed by atoms with van der Waals surface area (Å²) in [6, 6.07) is 7.72. The maximum atomic E-state index is 12.6. The zero-order valence-electron chi connectivity index (χ0n) is 13.4. The van der Waals surface area contributed by atoms with Crippen LogP contribution in [0.1, 0.15) is 28.0 Å². The molecular weight excluding hydrogens is 310 g/mol. The number of carbonyl (C=O) groups excluding carboxylic acids is 1. The average molecular weight is 331 g/mol. The van der Waals surface area contributed by atoms with E-state index >= 15 is 0 Å². The minimum absolute atomic E-state index is 0.0632. The number of aromatic nitrogens is 1. The van der Waals surface area contributed by atoms with Crippen molar-refractivity contribution in [2.75, 3.05) is 19.6 Å². The third-order valence-electron chi connectivity index (χ3n) is 3.79. The lowest BCUT2D eigenvalue weighted by atomic mass is 10.1. The first kappa shape index (κ1) is 16.0. The third-order valence-corrected chi connectivity index (χ3v) is 4.61. The summed E-state index contributed by atoms with van der Waals surface area (Å²) in [5, 5.41) is 6.37. The van der Waals surface area contributed by atoms with Gasteiger partial charge in [0.2, 0.25) is 0 Å². The Balaban J connectivity index is 1.65. The van der Waals surface area contributed by atoms with Gasteiger partial charge in [0.25, 0.3) is 5.91 Å². The second-order valence-electron chi connectivity index (χ2n) is 5.78. The largest absolute Gasteiger partial charge is 0.487 e. The van der Waals surface area contributed by atoms with Crippen LogP contribution in [-0.2, 0) is 6.61 Å². The molecule has 0 bridgehead atoms. The molecule has 1 aliphatic rings. The number of rotatable bonds is 4. The number of hydrogen-bond donors (Lipinski definition) is 1. The molecule has 2 aromatic rings. The summed E-state index contributed by atoms with van der Waals surface area (Å²) in [5.74, 6) is 0.762. The van der Waals surface area contributed by atoms with Crippen molar-refractivity contribution in [1.29, 1.82) is 0 Å². The Labute approximate surface area is 140 Å². The Bertz CT molecular complexity index is 686. The van der Waals surface area contributed by atoms with Crippen LogP contribution in [0.15, 0.2) is 29.6 Å². The number of nitrogens with zero attached hydrogens (tertiary/aromatic N) is 2. The highest BCUT2D eigenvalue weighted by molar-refractivity contribution is 7.09. The molecule has 1 aliphatic heterocycles. The van der Waals surface area contributed by atoms with Crippen molar-refractivity contribution in [2.24, 2.45) is 0 Å². The van der Waals surface area contributed by atoms with E-state index < -0.39 is 0 Å². The monoisotopic (exact) mass is 331 g/mol. The molecule has 1 aromatic heterocycles. The van der Waals surface area contributed by atoms with Crippen LogP contribution in [0.2, 0.25) is 0 Å². The van der Waals surface area contributed by atoms with Gasteiger partial charge in [-0.15, -0.1) is 11.3 Å². The molecule has 1 amide bonds. The quantitative estimate of drug-likeness (QED) is 0.935. The van der Waals surface area contributed by atoms with E-state index in [1.165, 1.54) is 0 Å². The molecule has 23 heavy (non-hydrogen) atoms. The summed E-state index contributed by atoms with van der Waals surface area (Å²) < 4.78 is 5.77. The molecule has 0 spiro atoms. The zero-order chi connectivity index (χ0) is 16.2. The highest BCUT2D eigenvalue weighted by Gasteiger charge is 2.21. The number of benzene rings is 1. The molecule has 1 fully saturated rings. The fourth-order valence-corrected chi connectivity index (χ4v) is 3.25. The van der Waals surface area contributed by atoms with Gasteiger partial charge in [-0.1, -0.05) is 6.07 Å². The number of nitrogens with one attached hydrogen (secondary N) is 1. The summed E-state index contributed by atoms with van der Waals surface area (Å²) in [5.41, 5.74) is 1.59. The van der Waals surface area contributed by atoms with E-state index in [1.54, 1.807) is 11.3 Å². The second kappa shape index (κ2) is 7.10. The van der Waals surface area contributed by atoms with E-state index in [1.807, 2.05) is 41.5 Å². The molecule has 2 heterocycles. The van der Waals surface area contributed by atoms with Crippen LogP contribution < -0.4 is 10.1 Å². The molecule has 3 rings (SSSR count). The topological polar surface area (TPSA) is 54.5 Å². The first-order valence-electron chi connectivity index (χ1n) is 7.78. The van der Waals surface area contributed by atoms with Crippen LogP contribution in [0.3, 0.4) is 0 Å². The number of piperazine rings is 1. The number of ether oxygens (including phenoxy) is 1. The Kier molecular flexibility index (Phi) is 4.93. The van der Waals surface area contributed by atoms with Gasteiger partial charge in [-0.3, -0.25) is 4.79 Å². The van der Waals surface area contributed by atoms with Gasteiger partial charge < -0.3 is 15.0 Å². The number of hydrogen-bond acceptors (Lipinski definition) is 5. The van der Waals surface area contributed by atoms with Crippen molar-refractivity contribution >= 4 is 17.2 Å². The fraction of sp³-hybridized carbons (Fsp3) is 0.412. The van der Waals surface area contributed by atoms with E-state index in [2.05, 4.69) is 17.2 Å². The van der Waals surface area contributed by atoms with E-state index in [4.69, 9.17) is 4.74 Å². The van der Waals surface area contributed by atoms with Crippen molar-refractivity contribution in [3.05, 3.63) is 45.9 Å². The van der Waals surface area contributed by atoms with Crippen LogP contribution in [-0.4, -0.2) is 41.5 Å². The van der Waals surface area contributed by atoms with Crippen LogP contribution in [0.4, 0.5) is 0 Å². The van der Waals surface area contributed by atoms with Crippen LogP contribution in [0.25, 0.3) is 0 Å². The van der Waals surface area contributed by atoms with E-state index in [9.17, 15) is 4.79 Å². The van der Waals surface area contributed by atoms with E-state index in [0.717, 1.165) is 30.3 Å². The lowest BCUT2D eigenvalue weighted by molar-refractivity contribution is 0.0708. The molecule has 1 unspecified atom stereocenters. The lowest BCUT2D eigenvalue weighted by Crippen LogP contribution is -2.51. The van der Waals surface area contributed by atoms with Crippen LogP contribution in [0.5, 0.6) is 5.75 Å². The molecule has 1 aromatic carbocycles. The van der Waals surface area contributed by atoms with E-state index in [-0.39, 0.29) is 5.91 Å². The molecule has 1 atom stereocenters. The van der Waals surface area contributed by atoms with Crippen molar-refractivity contribution in [1.82, 2.24) is 15.2 Å². The van der Waals surface area contributed by atoms with Gasteiger partial charge in [-0.2, -0.15) is 0 Å². The minimum atomic E-state index is 0.0632. The van der Waals surface area contributed by atoms with Gasteiger partial charge in [0.15, 0.2) is 0 Å².